The first-order valence-electron chi connectivity index (χ1n) is 12.4. The highest BCUT2D eigenvalue weighted by Gasteiger charge is 2.51. The van der Waals surface area contributed by atoms with E-state index in [1.54, 1.807) is 0 Å². The average molecular weight is 465 g/mol. The number of fused-ring (bicyclic) bond motifs is 3. The summed E-state index contributed by atoms with van der Waals surface area (Å²) in [6.45, 7) is 14.7. The maximum Gasteiger partial charge on any atom is 0.494 e. The molecule has 1 aromatic carbocycles. The number of aromatic amines is 1. The quantitative estimate of drug-likeness (QED) is 0.659. The Hall–Kier alpha value is -2.32. The summed E-state index contributed by atoms with van der Waals surface area (Å²) in [5.74, 6) is 0.858. The lowest BCUT2D eigenvalue weighted by atomic mass is 9.76. The van der Waals surface area contributed by atoms with Crippen molar-refractivity contribution in [2.24, 2.45) is 0 Å². The van der Waals surface area contributed by atoms with E-state index in [9.17, 15) is 4.79 Å². The third kappa shape index (κ3) is 4.05. The molecular formula is C26H36BN3O4. The topological polar surface area (TPSA) is 76.7 Å². The van der Waals surface area contributed by atoms with Crippen LogP contribution in [0.3, 0.4) is 0 Å². The van der Waals surface area contributed by atoms with Crippen LogP contribution in [0.1, 0.15) is 84.4 Å². The van der Waals surface area contributed by atoms with Crippen molar-refractivity contribution >= 4 is 18.7 Å². The number of hydrogen-bond donors (Lipinski definition) is 1. The summed E-state index contributed by atoms with van der Waals surface area (Å²) in [4.78, 5) is 23.2. The Morgan fingerprint density at radius 1 is 1.18 bits per heavy atom. The molecule has 182 valence electrons. The average Bonchev–Trinajstić information content (AvgIpc) is 3.42. The van der Waals surface area contributed by atoms with Gasteiger partial charge in [-0.25, -0.2) is 9.78 Å². The first-order valence-corrected chi connectivity index (χ1v) is 12.4. The number of ether oxygens (including phenoxy) is 1. The Labute approximate surface area is 202 Å². The molecule has 7 nitrogen and oxygen atoms in total. The van der Waals surface area contributed by atoms with Crippen LogP contribution in [0.4, 0.5) is 4.79 Å². The number of carbonyl (C=O) groups excluding carboxylic acids is 1. The van der Waals surface area contributed by atoms with Crippen LogP contribution < -0.4 is 5.46 Å². The van der Waals surface area contributed by atoms with Gasteiger partial charge in [0.1, 0.15) is 11.4 Å². The van der Waals surface area contributed by atoms with Gasteiger partial charge < -0.3 is 19.0 Å². The fraction of sp³-hybridized carbons (Fsp3) is 0.615. The smallest absolute Gasteiger partial charge is 0.444 e. The number of nitrogens with one attached hydrogen (secondary N) is 1. The molecule has 34 heavy (non-hydrogen) atoms. The van der Waals surface area contributed by atoms with Gasteiger partial charge in [-0.2, -0.15) is 0 Å². The number of likely N-dealkylation sites (tertiary alicyclic amines) is 1. The number of aryl methyl sites for hydroxylation is 2. The lowest BCUT2D eigenvalue weighted by molar-refractivity contribution is 0.00578. The lowest BCUT2D eigenvalue weighted by Gasteiger charge is -2.32. The van der Waals surface area contributed by atoms with Gasteiger partial charge in [0.05, 0.1) is 22.9 Å². The number of carbonyl (C=O) groups is 1. The summed E-state index contributed by atoms with van der Waals surface area (Å²) in [6.07, 6.45) is 3.39. The second kappa shape index (κ2) is 7.85. The summed E-state index contributed by atoms with van der Waals surface area (Å²) in [5.41, 5.74) is 4.34. The molecule has 3 heterocycles. The van der Waals surface area contributed by atoms with E-state index < -0.39 is 5.60 Å². The largest absolute Gasteiger partial charge is 0.494 e. The van der Waals surface area contributed by atoms with Crippen LogP contribution in [0.5, 0.6) is 0 Å². The van der Waals surface area contributed by atoms with Gasteiger partial charge >= 0.3 is 13.2 Å². The van der Waals surface area contributed by atoms with Crippen LogP contribution in [0.2, 0.25) is 0 Å². The molecule has 2 fully saturated rings. The molecule has 0 saturated carbocycles. The predicted octanol–water partition coefficient (Wildman–Crippen LogP) is 4.55. The van der Waals surface area contributed by atoms with Crippen molar-refractivity contribution in [2.45, 2.75) is 97.0 Å². The minimum Gasteiger partial charge on any atom is -0.444 e. The van der Waals surface area contributed by atoms with E-state index in [2.05, 4.69) is 50.9 Å². The summed E-state index contributed by atoms with van der Waals surface area (Å²) in [5, 5.41) is 0. The third-order valence-corrected chi connectivity index (χ3v) is 7.55. The SMILES string of the molecule is CC(C)(C)OC(=O)N1CCCC1c1nc2c([nH]1)CCc1cc(B3OC(C)(C)C(C)(C)O3)ccc1-2. The van der Waals surface area contributed by atoms with Gasteiger partial charge in [0.15, 0.2) is 0 Å². The highest BCUT2D eigenvalue weighted by molar-refractivity contribution is 6.62. The van der Waals surface area contributed by atoms with Crippen LogP contribution in [-0.4, -0.2) is 51.4 Å². The molecule has 1 N–H and O–H groups in total. The molecule has 1 aromatic heterocycles. The monoisotopic (exact) mass is 465 g/mol. The number of benzene rings is 1. The molecule has 0 spiro atoms. The van der Waals surface area contributed by atoms with Gasteiger partial charge in [-0.15, -0.1) is 0 Å². The Balaban J connectivity index is 1.40. The van der Waals surface area contributed by atoms with Crippen molar-refractivity contribution in [1.29, 1.82) is 0 Å². The zero-order chi connectivity index (χ0) is 24.5. The number of aromatic nitrogens is 2. The molecule has 1 aliphatic carbocycles. The Morgan fingerprint density at radius 3 is 2.56 bits per heavy atom. The molecule has 3 aliphatic rings. The molecule has 0 bridgehead atoms. The van der Waals surface area contributed by atoms with Crippen LogP contribution in [-0.2, 0) is 26.9 Å². The van der Waals surface area contributed by atoms with Crippen molar-refractivity contribution < 1.29 is 18.8 Å². The minimum atomic E-state index is -0.513. The molecule has 5 rings (SSSR count). The summed E-state index contributed by atoms with van der Waals surface area (Å²) < 4.78 is 18.2. The van der Waals surface area contributed by atoms with Crippen LogP contribution in [0.25, 0.3) is 11.3 Å². The molecule has 8 heteroatoms. The van der Waals surface area contributed by atoms with Crippen molar-refractivity contribution in [2.75, 3.05) is 6.54 Å². The van der Waals surface area contributed by atoms with Crippen LogP contribution in [0, 0.1) is 0 Å². The van der Waals surface area contributed by atoms with E-state index in [4.69, 9.17) is 19.0 Å². The summed E-state index contributed by atoms with van der Waals surface area (Å²) in [7, 11) is -0.368. The standard InChI is InChI=1S/C26H36BN3O4/c1-24(2,3)32-23(31)30-14-8-9-20(30)22-28-19-13-10-16-15-17(11-12-18(16)21(19)29-22)27-33-25(4,5)26(6,7)34-27/h11-12,15,20H,8-10,13-14H2,1-7H3,(H,28,29). The molecule has 2 aliphatic heterocycles. The van der Waals surface area contributed by atoms with E-state index in [0.717, 1.165) is 53.9 Å². The van der Waals surface area contributed by atoms with Crippen molar-refractivity contribution in [1.82, 2.24) is 14.9 Å². The van der Waals surface area contributed by atoms with Gasteiger partial charge in [0, 0.05) is 17.8 Å². The van der Waals surface area contributed by atoms with Crippen LogP contribution in [0.15, 0.2) is 18.2 Å². The van der Waals surface area contributed by atoms with E-state index in [-0.39, 0.29) is 30.5 Å². The maximum absolute atomic E-state index is 12.8. The minimum absolute atomic E-state index is 0.0760. The van der Waals surface area contributed by atoms with E-state index >= 15 is 0 Å². The zero-order valence-electron chi connectivity index (χ0n) is 21.4. The normalized spacial score (nSPS) is 23.1. The van der Waals surface area contributed by atoms with Gasteiger partial charge in [-0.05, 0) is 85.2 Å². The molecular weight excluding hydrogens is 429 g/mol. The van der Waals surface area contributed by atoms with E-state index in [1.165, 1.54) is 5.56 Å². The second-order valence-electron chi connectivity index (χ2n) is 11.8. The highest BCUT2D eigenvalue weighted by Crippen LogP contribution is 2.39. The molecule has 2 aromatic rings. The first-order chi connectivity index (χ1) is 15.8. The number of H-pyrrole nitrogens is 1. The molecule has 1 atom stereocenters. The number of hydrogen-bond acceptors (Lipinski definition) is 5. The fourth-order valence-corrected chi connectivity index (χ4v) is 5.02. The van der Waals surface area contributed by atoms with Crippen LogP contribution >= 0.6 is 0 Å². The van der Waals surface area contributed by atoms with Crippen molar-refractivity contribution in [3.8, 4) is 11.3 Å². The van der Waals surface area contributed by atoms with Crippen molar-refractivity contribution in [3.63, 3.8) is 0 Å². The maximum atomic E-state index is 12.8. The summed E-state index contributed by atoms with van der Waals surface area (Å²) >= 11 is 0. The lowest BCUT2D eigenvalue weighted by Crippen LogP contribution is -2.41. The Bertz CT molecular complexity index is 1100. The van der Waals surface area contributed by atoms with Gasteiger partial charge in [0.25, 0.3) is 0 Å². The number of imidazole rings is 1. The molecule has 1 amide bonds. The van der Waals surface area contributed by atoms with E-state index in [1.807, 2.05) is 25.7 Å². The Kier molecular flexibility index (Phi) is 5.41. The van der Waals surface area contributed by atoms with Gasteiger partial charge in [-0.1, -0.05) is 18.2 Å². The van der Waals surface area contributed by atoms with E-state index in [0.29, 0.717) is 6.54 Å². The molecule has 2 saturated heterocycles. The van der Waals surface area contributed by atoms with Crippen molar-refractivity contribution in [3.05, 3.63) is 35.3 Å². The number of nitrogens with zero attached hydrogens (tertiary/aromatic N) is 2. The Morgan fingerprint density at radius 2 is 1.88 bits per heavy atom. The zero-order valence-corrected chi connectivity index (χ0v) is 21.4. The first kappa shape index (κ1) is 23.4. The van der Waals surface area contributed by atoms with Gasteiger partial charge in [-0.3, -0.25) is 4.90 Å². The number of amides is 1. The van der Waals surface area contributed by atoms with Gasteiger partial charge in [0.2, 0.25) is 0 Å². The fourth-order valence-electron chi connectivity index (χ4n) is 5.02. The third-order valence-electron chi connectivity index (χ3n) is 7.55. The molecule has 0 radical (unpaired) electrons. The number of rotatable bonds is 2. The highest BCUT2D eigenvalue weighted by atomic mass is 16.7. The predicted molar refractivity (Wildman–Crippen MR) is 132 cm³/mol. The second-order valence-corrected chi connectivity index (χ2v) is 11.8. The molecule has 1 unspecified atom stereocenters. The summed E-state index contributed by atoms with van der Waals surface area (Å²) in [6, 6.07) is 6.36.